The quantitative estimate of drug-likeness (QED) is 0.500. The number of pyridine rings is 2. The van der Waals surface area contributed by atoms with Crippen molar-refractivity contribution in [2.75, 3.05) is 0 Å². The highest BCUT2D eigenvalue weighted by Gasteiger charge is 2.32. The van der Waals surface area contributed by atoms with Crippen molar-refractivity contribution in [2.24, 2.45) is 0 Å². The molecule has 4 aromatic heterocycles. The largest absolute Gasteiger partial charge is 0.478 e. The molecule has 10 heteroatoms. The second-order valence-corrected chi connectivity index (χ2v) is 7.73. The Kier molecular flexibility index (Phi) is 4.49. The third kappa shape index (κ3) is 3.25. The zero-order valence-corrected chi connectivity index (χ0v) is 16.9. The van der Waals surface area contributed by atoms with Gasteiger partial charge in [-0.3, -0.25) is 8.80 Å². The van der Waals surface area contributed by atoms with Crippen LogP contribution in [0.15, 0.2) is 36.7 Å². The van der Waals surface area contributed by atoms with E-state index >= 15 is 0 Å². The number of carboxylic acid groups (broad SMARTS) is 1. The molecule has 0 aliphatic heterocycles. The van der Waals surface area contributed by atoms with Crippen LogP contribution in [0.2, 0.25) is 0 Å². The molecule has 0 saturated heterocycles. The molecule has 10 nitrogen and oxygen atoms in total. The predicted molar refractivity (Wildman–Crippen MR) is 105 cm³/mol. The first-order chi connectivity index (χ1) is 14.2. The standard InChI is InChI=1S/C20H20N6O4/c1-11(2)16-23-22-15-9-12(7-8-25(15)16)18(29)30-20(3,4)19-24-21-14-6-5-13(17(27)28)10-26(14)19/h5-11H,1-4H3,(H,27,28). The van der Waals surface area contributed by atoms with E-state index < -0.39 is 17.5 Å². The molecule has 0 radical (unpaired) electrons. The average Bonchev–Trinajstić information content (AvgIpc) is 3.30. The van der Waals surface area contributed by atoms with E-state index in [1.54, 1.807) is 38.2 Å². The van der Waals surface area contributed by atoms with Crippen LogP contribution in [0.1, 0.15) is 66.0 Å². The van der Waals surface area contributed by atoms with Gasteiger partial charge < -0.3 is 9.84 Å². The highest BCUT2D eigenvalue weighted by molar-refractivity contribution is 5.90. The van der Waals surface area contributed by atoms with Crippen LogP contribution in [0.4, 0.5) is 0 Å². The van der Waals surface area contributed by atoms with Gasteiger partial charge in [-0.1, -0.05) is 13.8 Å². The molecular formula is C20H20N6O4. The second kappa shape index (κ2) is 6.90. The Hall–Kier alpha value is -3.82. The minimum atomic E-state index is -1.17. The van der Waals surface area contributed by atoms with Crippen LogP contribution >= 0.6 is 0 Å². The molecule has 0 fully saturated rings. The van der Waals surface area contributed by atoms with E-state index in [4.69, 9.17) is 4.74 Å². The Balaban J connectivity index is 1.65. The molecule has 0 aliphatic rings. The van der Waals surface area contributed by atoms with Crippen molar-refractivity contribution in [1.29, 1.82) is 0 Å². The molecular weight excluding hydrogens is 388 g/mol. The number of carboxylic acids is 1. The molecule has 0 amide bonds. The molecule has 0 spiro atoms. The Labute approximate surface area is 171 Å². The lowest BCUT2D eigenvalue weighted by molar-refractivity contribution is -0.00751. The molecule has 30 heavy (non-hydrogen) atoms. The first-order valence-electron chi connectivity index (χ1n) is 9.34. The number of esters is 1. The Morgan fingerprint density at radius 3 is 2.43 bits per heavy atom. The average molecular weight is 408 g/mol. The minimum Gasteiger partial charge on any atom is -0.478 e. The molecule has 0 unspecified atom stereocenters. The molecule has 0 aromatic carbocycles. The number of fused-ring (bicyclic) bond motifs is 2. The topological polar surface area (TPSA) is 124 Å². The number of carbonyl (C=O) groups excluding carboxylic acids is 1. The SMILES string of the molecule is CC(C)c1nnc2cc(C(=O)OC(C)(C)c3nnc4ccc(C(=O)O)cn34)ccn12. The summed E-state index contributed by atoms with van der Waals surface area (Å²) in [7, 11) is 0. The number of nitrogens with zero attached hydrogens (tertiary/aromatic N) is 6. The number of ether oxygens (including phenoxy) is 1. The van der Waals surface area contributed by atoms with Crippen LogP contribution in [0.3, 0.4) is 0 Å². The number of hydrogen-bond donors (Lipinski definition) is 1. The van der Waals surface area contributed by atoms with Crippen LogP contribution in [0.25, 0.3) is 11.3 Å². The fourth-order valence-electron chi connectivity index (χ4n) is 3.19. The second-order valence-electron chi connectivity index (χ2n) is 7.73. The van der Waals surface area contributed by atoms with Gasteiger partial charge in [-0.15, -0.1) is 20.4 Å². The normalized spacial score (nSPS) is 12.0. The summed E-state index contributed by atoms with van der Waals surface area (Å²) in [6.07, 6.45) is 3.14. The summed E-state index contributed by atoms with van der Waals surface area (Å²) < 4.78 is 9.05. The van der Waals surface area contributed by atoms with E-state index in [9.17, 15) is 14.7 Å². The summed E-state index contributed by atoms with van der Waals surface area (Å²) in [5.74, 6) is -0.348. The maximum Gasteiger partial charge on any atom is 0.339 e. The highest BCUT2D eigenvalue weighted by atomic mass is 16.6. The molecule has 0 saturated carbocycles. The maximum atomic E-state index is 12.8. The third-order valence-electron chi connectivity index (χ3n) is 4.72. The van der Waals surface area contributed by atoms with Crippen molar-refractivity contribution in [3.8, 4) is 0 Å². The highest BCUT2D eigenvalue weighted by Crippen LogP contribution is 2.26. The van der Waals surface area contributed by atoms with Crippen molar-refractivity contribution in [2.45, 2.75) is 39.2 Å². The molecule has 1 N–H and O–H groups in total. The van der Waals surface area contributed by atoms with Crippen molar-refractivity contribution in [3.63, 3.8) is 0 Å². The number of aromatic carboxylic acids is 1. The zero-order valence-electron chi connectivity index (χ0n) is 16.9. The Bertz CT molecular complexity index is 1290. The lowest BCUT2D eigenvalue weighted by atomic mass is 10.1. The number of carbonyl (C=O) groups is 2. The van der Waals surface area contributed by atoms with Gasteiger partial charge in [-0.05, 0) is 38.1 Å². The van der Waals surface area contributed by atoms with Crippen LogP contribution in [0, 0.1) is 0 Å². The van der Waals surface area contributed by atoms with E-state index in [0.717, 1.165) is 5.82 Å². The van der Waals surface area contributed by atoms with Gasteiger partial charge in [0.05, 0.1) is 11.1 Å². The molecule has 154 valence electrons. The number of rotatable bonds is 5. The van der Waals surface area contributed by atoms with E-state index in [1.807, 2.05) is 18.2 Å². The number of aromatic nitrogens is 6. The molecule has 4 heterocycles. The summed E-state index contributed by atoms with van der Waals surface area (Å²) in [4.78, 5) is 24.1. The van der Waals surface area contributed by atoms with E-state index in [2.05, 4.69) is 20.4 Å². The van der Waals surface area contributed by atoms with Gasteiger partial charge in [0.15, 0.2) is 22.7 Å². The van der Waals surface area contributed by atoms with Gasteiger partial charge >= 0.3 is 11.9 Å². The molecule has 4 aromatic rings. The van der Waals surface area contributed by atoms with Crippen LogP contribution < -0.4 is 0 Å². The number of hydrogen-bond acceptors (Lipinski definition) is 7. The van der Waals surface area contributed by atoms with Crippen molar-refractivity contribution in [1.82, 2.24) is 29.2 Å². The summed E-state index contributed by atoms with van der Waals surface area (Å²) >= 11 is 0. The van der Waals surface area contributed by atoms with Gasteiger partial charge in [0.2, 0.25) is 0 Å². The molecule has 0 bridgehead atoms. The molecule has 0 atom stereocenters. The van der Waals surface area contributed by atoms with Gasteiger partial charge in [-0.2, -0.15) is 0 Å². The smallest absolute Gasteiger partial charge is 0.339 e. The summed E-state index contributed by atoms with van der Waals surface area (Å²) in [5, 5.41) is 25.7. The van der Waals surface area contributed by atoms with Crippen molar-refractivity contribution < 1.29 is 19.4 Å². The first-order valence-corrected chi connectivity index (χ1v) is 9.34. The zero-order chi connectivity index (χ0) is 21.6. The van der Waals surface area contributed by atoms with Crippen molar-refractivity contribution in [3.05, 3.63) is 59.4 Å². The van der Waals surface area contributed by atoms with E-state index in [0.29, 0.717) is 22.7 Å². The van der Waals surface area contributed by atoms with Crippen LogP contribution in [-0.2, 0) is 10.3 Å². The van der Waals surface area contributed by atoms with E-state index in [1.165, 1.54) is 16.7 Å². The van der Waals surface area contributed by atoms with Gasteiger partial charge in [-0.25, -0.2) is 9.59 Å². The molecule has 4 rings (SSSR count). The summed E-state index contributed by atoms with van der Waals surface area (Å²) in [5.41, 5.74) is 0.216. The Morgan fingerprint density at radius 2 is 1.73 bits per heavy atom. The fourth-order valence-corrected chi connectivity index (χ4v) is 3.19. The van der Waals surface area contributed by atoms with Crippen LogP contribution in [-0.4, -0.2) is 46.2 Å². The van der Waals surface area contributed by atoms with Crippen molar-refractivity contribution >= 4 is 23.2 Å². The predicted octanol–water partition coefficient (Wildman–Crippen LogP) is 2.69. The first kappa shape index (κ1) is 19.5. The lowest BCUT2D eigenvalue weighted by Crippen LogP contribution is -2.28. The van der Waals surface area contributed by atoms with Gasteiger partial charge in [0.25, 0.3) is 0 Å². The fraction of sp³-hybridized carbons (Fsp3) is 0.300. The maximum absolute atomic E-state index is 12.8. The van der Waals surface area contributed by atoms with Gasteiger partial charge in [0.1, 0.15) is 5.82 Å². The summed E-state index contributed by atoms with van der Waals surface area (Å²) in [6, 6.07) is 6.24. The monoisotopic (exact) mass is 408 g/mol. The Morgan fingerprint density at radius 1 is 1.00 bits per heavy atom. The van der Waals surface area contributed by atoms with E-state index in [-0.39, 0.29) is 11.5 Å². The van der Waals surface area contributed by atoms with Gasteiger partial charge in [0, 0.05) is 18.3 Å². The van der Waals surface area contributed by atoms with Crippen LogP contribution in [0.5, 0.6) is 0 Å². The minimum absolute atomic E-state index is 0.0730. The molecule has 0 aliphatic carbocycles. The summed E-state index contributed by atoms with van der Waals surface area (Å²) in [6.45, 7) is 7.36. The third-order valence-corrected chi connectivity index (χ3v) is 4.72. The lowest BCUT2D eigenvalue weighted by Gasteiger charge is -2.23.